The van der Waals surface area contributed by atoms with Crippen LogP contribution in [0.2, 0.25) is 0 Å². The molecule has 0 radical (unpaired) electrons. The van der Waals surface area contributed by atoms with Gasteiger partial charge in [-0.3, -0.25) is 0 Å². The van der Waals surface area contributed by atoms with Gasteiger partial charge in [-0.25, -0.2) is 0 Å². The predicted molar refractivity (Wildman–Crippen MR) is 80.5 cm³/mol. The third-order valence-corrected chi connectivity index (χ3v) is 4.96. The van der Waals surface area contributed by atoms with E-state index in [1.807, 2.05) is 0 Å². The van der Waals surface area contributed by atoms with E-state index in [0.29, 0.717) is 0 Å². The molecule has 1 fully saturated rings. The van der Waals surface area contributed by atoms with Crippen LogP contribution in [0.3, 0.4) is 0 Å². The number of hydrogen-bond donors (Lipinski definition) is 0. The Morgan fingerprint density at radius 1 is 0.944 bits per heavy atom. The monoisotopic (exact) mass is 298 g/mol. The van der Waals surface area contributed by atoms with Gasteiger partial charge in [-0.1, -0.05) is 40.2 Å². The summed E-state index contributed by atoms with van der Waals surface area (Å²) in [5, 5.41) is 2.66. The molecule has 0 amide bonds. The summed E-state index contributed by atoms with van der Waals surface area (Å²) in [5.74, 6) is 1.70. The molecule has 2 unspecified atom stereocenters. The molecule has 0 aromatic heterocycles. The summed E-state index contributed by atoms with van der Waals surface area (Å²) in [4.78, 5) is 0. The van der Waals surface area contributed by atoms with E-state index < -0.39 is 0 Å². The molecule has 2 aromatic carbocycles. The first-order valence-electron chi connectivity index (χ1n) is 6.71. The van der Waals surface area contributed by atoms with Crippen molar-refractivity contribution in [3.05, 3.63) is 52.5 Å². The Hall–Kier alpha value is -1.08. The third-order valence-electron chi connectivity index (χ3n) is 4.46. The zero-order valence-electron chi connectivity index (χ0n) is 10.2. The van der Waals surface area contributed by atoms with Gasteiger partial charge >= 0.3 is 0 Å². The smallest absolute Gasteiger partial charge is 0.0181 e. The molecule has 1 saturated carbocycles. The summed E-state index contributed by atoms with van der Waals surface area (Å²) in [6.45, 7) is 0. The number of fused-ring (bicyclic) bond motifs is 3. The van der Waals surface area contributed by atoms with Crippen molar-refractivity contribution in [2.45, 2.75) is 19.3 Å². The molecule has 0 saturated heterocycles. The highest BCUT2D eigenvalue weighted by Crippen LogP contribution is 2.48. The van der Waals surface area contributed by atoms with Crippen LogP contribution >= 0.6 is 15.9 Å². The molecule has 1 heteroatoms. The molecule has 18 heavy (non-hydrogen) atoms. The first-order valence-corrected chi connectivity index (χ1v) is 7.50. The van der Waals surface area contributed by atoms with Gasteiger partial charge in [-0.15, -0.1) is 0 Å². The molecule has 0 spiro atoms. The zero-order valence-corrected chi connectivity index (χ0v) is 11.8. The van der Waals surface area contributed by atoms with E-state index in [2.05, 4.69) is 58.4 Å². The maximum atomic E-state index is 3.53. The van der Waals surface area contributed by atoms with Gasteiger partial charge in [-0.05, 0) is 71.2 Å². The van der Waals surface area contributed by atoms with Crippen molar-refractivity contribution < 1.29 is 0 Å². The van der Waals surface area contributed by atoms with Gasteiger partial charge in [0.05, 0.1) is 0 Å². The molecule has 4 rings (SSSR count). The Labute approximate surface area is 116 Å². The normalized spacial score (nSPS) is 25.7. The van der Waals surface area contributed by atoms with Crippen molar-refractivity contribution in [3.8, 4) is 0 Å². The first kappa shape index (κ1) is 10.8. The van der Waals surface area contributed by atoms with Gasteiger partial charge in [-0.2, -0.15) is 0 Å². The van der Waals surface area contributed by atoms with Crippen LogP contribution in [-0.4, -0.2) is 0 Å². The van der Waals surface area contributed by atoms with Crippen LogP contribution < -0.4 is 0 Å². The SMILES string of the molecule is Brc1ccc2cc(C3=CC4CCC3C4)ccc2c1. The van der Waals surface area contributed by atoms with Crippen LogP contribution in [0.25, 0.3) is 16.3 Å². The average Bonchev–Trinajstić information content (AvgIpc) is 3.00. The maximum absolute atomic E-state index is 3.53. The van der Waals surface area contributed by atoms with Crippen molar-refractivity contribution in [3.63, 3.8) is 0 Å². The van der Waals surface area contributed by atoms with Crippen molar-refractivity contribution in [1.29, 1.82) is 0 Å². The highest BCUT2D eigenvalue weighted by atomic mass is 79.9. The Bertz CT molecular complexity index is 654. The Balaban J connectivity index is 1.82. The van der Waals surface area contributed by atoms with E-state index in [-0.39, 0.29) is 0 Å². The van der Waals surface area contributed by atoms with Gasteiger partial charge in [0.1, 0.15) is 0 Å². The standard InChI is InChI=1S/C17H15Br/c18-16-6-5-12-9-15(4-3-13(12)10-16)17-8-11-1-2-14(17)7-11/h3-6,8-11,14H,1-2,7H2. The molecule has 0 N–H and O–H groups in total. The Morgan fingerprint density at radius 2 is 1.78 bits per heavy atom. The zero-order chi connectivity index (χ0) is 12.1. The molecular weight excluding hydrogens is 284 g/mol. The van der Waals surface area contributed by atoms with Crippen LogP contribution in [0.4, 0.5) is 0 Å². The average molecular weight is 299 g/mol. The van der Waals surface area contributed by atoms with Crippen LogP contribution in [0.15, 0.2) is 46.9 Å². The molecular formula is C17H15Br. The molecule has 0 aliphatic heterocycles. The van der Waals surface area contributed by atoms with E-state index in [1.165, 1.54) is 35.6 Å². The summed E-state index contributed by atoms with van der Waals surface area (Å²) >= 11 is 3.53. The second kappa shape index (κ2) is 3.96. The maximum Gasteiger partial charge on any atom is 0.0181 e. The van der Waals surface area contributed by atoms with E-state index in [4.69, 9.17) is 0 Å². The molecule has 2 aromatic rings. The van der Waals surface area contributed by atoms with Crippen molar-refractivity contribution in [2.75, 3.05) is 0 Å². The number of halogens is 1. The highest BCUT2D eigenvalue weighted by molar-refractivity contribution is 9.10. The van der Waals surface area contributed by atoms with Crippen LogP contribution in [0.1, 0.15) is 24.8 Å². The minimum Gasteiger partial charge on any atom is -0.0773 e. The molecule has 0 heterocycles. The summed E-state index contributed by atoms with van der Waals surface area (Å²) < 4.78 is 1.15. The molecule has 2 bridgehead atoms. The van der Waals surface area contributed by atoms with Gasteiger partial charge in [0.2, 0.25) is 0 Å². The largest absolute Gasteiger partial charge is 0.0773 e. The quantitative estimate of drug-likeness (QED) is 0.660. The van der Waals surface area contributed by atoms with Gasteiger partial charge in [0, 0.05) is 4.47 Å². The molecule has 2 atom stereocenters. The summed E-state index contributed by atoms with van der Waals surface area (Å²) in [6, 6.07) is 13.4. The van der Waals surface area contributed by atoms with E-state index >= 15 is 0 Å². The number of hydrogen-bond acceptors (Lipinski definition) is 0. The lowest BCUT2D eigenvalue weighted by Gasteiger charge is -2.14. The Kier molecular flexibility index (Phi) is 2.38. The molecule has 2 aliphatic rings. The van der Waals surface area contributed by atoms with Crippen LogP contribution in [0, 0.1) is 11.8 Å². The van der Waals surface area contributed by atoms with E-state index in [1.54, 1.807) is 5.57 Å². The van der Waals surface area contributed by atoms with Gasteiger partial charge < -0.3 is 0 Å². The fourth-order valence-electron chi connectivity index (χ4n) is 3.57. The topological polar surface area (TPSA) is 0 Å². The Morgan fingerprint density at radius 3 is 2.56 bits per heavy atom. The predicted octanol–water partition coefficient (Wildman–Crippen LogP) is 5.42. The van der Waals surface area contributed by atoms with Crippen LogP contribution in [-0.2, 0) is 0 Å². The van der Waals surface area contributed by atoms with Crippen molar-refractivity contribution in [1.82, 2.24) is 0 Å². The fraction of sp³-hybridized carbons (Fsp3) is 0.294. The van der Waals surface area contributed by atoms with Gasteiger partial charge in [0.15, 0.2) is 0 Å². The second-order valence-corrected chi connectivity index (χ2v) is 6.51. The lowest BCUT2D eigenvalue weighted by molar-refractivity contribution is 0.695. The minimum absolute atomic E-state index is 0.836. The van der Waals surface area contributed by atoms with E-state index in [0.717, 1.165) is 16.3 Å². The number of allylic oxidation sites excluding steroid dienone is 2. The number of rotatable bonds is 1. The summed E-state index contributed by atoms with van der Waals surface area (Å²) in [5.41, 5.74) is 3.05. The lowest BCUT2D eigenvalue weighted by atomic mass is 9.91. The summed E-state index contributed by atoms with van der Waals surface area (Å²) in [6.07, 6.45) is 6.73. The van der Waals surface area contributed by atoms with Gasteiger partial charge in [0.25, 0.3) is 0 Å². The number of benzene rings is 2. The van der Waals surface area contributed by atoms with Crippen molar-refractivity contribution >= 4 is 32.3 Å². The molecule has 90 valence electrons. The molecule has 0 nitrogen and oxygen atoms in total. The summed E-state index contributed by atoms with van der Waals surface area (Å²) in [7, 11) is 0. The lowest BCUT2D eigenvalue weighted by Crippen LogP contribution is -1.96. The first-order chi connectivity index (χ1) is 8.79. The fourth-order valence-corrected chi connectivity index (χ4v) is 3.95. The highest BCUT2D eigenvalue weighted by Gasteiger charge is 2.33. The second-order valence-electron chi connectivity index (χ2n) is 5.60. The molecule has 2 aliphatic carbocycles. The van der Waals surface area contributed by atoms with Crippen molar-refractivity contribution in [2.24, 2.45) is 11.8 Å². The third kappa shape index (κ3) is 1.65. The van der Waals surface area contributed by atoms with E-state index in [9.17, 15) is 0 Å². The van der Waals surface area contributed by atoms with Crippen LogP contribution in [0.5, 0.6) is 0 Å². The minimum atomic E-state index is 0.836.